The van der Waals surface area contributed by atoms with Gasteiger partial charge in [0.05, 0.1) is 24.8 Å². The number of sulfonamides is 1. The highest BCUT2D eigenvalue weighted by Crippen LogP contribution is 2.17. The molecule has 0 saturated heterocycles. The first-order valence-electron chi connectivity index (χ1n) is 6.13. The maximum absolute atomic E-state index is 12.0. The summed E-state index contributed by atoms with van der Waals surface area (Å²) in [4.78, 5) is 28.0. The van der Waals surface area contributed by atoms with Gasteiger partial charge in [-0.25, -0.2) is 13.4 Å². The summed E-state index contributed by atoms with van der Waals surface area (Å²) in [7, 11) is -3.39. The van der Waals surface area contributed by atoms with Gasteiger partial charge < -0.3 is 10.0 Å². The topological polar surface area (TPSA) is 117 Å². The molecule has 0 aliphatic heterocycles. The molecule has 1 rings (SSSR count). The van der Waals surface area contributed by atoms with E-state index in [0.717, 1.165) is 17.6 Å². The molecule has 0 aliphatic rings. The van der Waals surface area contributed by atoms with E-state index < -0.39 is 16.0 Å². The third kappa shape index (κ3) is 6.54. The fourth-order valence-corrected chi connectivity index (χ4v) is 3.11. The van der Waals surface area contributed by atoms with Crippen LogP contribution in [0.15, 0.2) is 5.38 Å². The molecule has 0 aliphatic carbocycles. The molecule has 10 heteroatoms. The van der Waals surface area contributed by atoms with E-state index in [0.29, 0.717) is 12.2 Å². The molecule has 1 aromatic rings. The van der Waals surface area contributed by atoms with Crippen molar-refractivity contribution >= 4 is 38.4 Å². The fraction of sp³-hybridized carbons (Fsp3) is 0.545. The third-order valence-corrected chi connectivity index (χ3v) is 3.99. The van der Waals surface area contributed by atoms with E-state index in [-0.39, 0.29) is 30.4 Å². The van der Waals surface area contributed by atoms with E-state index in [1.807, 2.05) is 0 Å². The number of likely N-dealkylation sites (N-methyl/N-ethyl adjacent to an activating group) is 1. The molecule has 0 fully saturated rings. The Morgan fingerprint density at radius 1 is 1.48 bits per heavy atom. The van der Waals surface area contributed by atoms with Crippen LogP contribution >= 0.6 is 11.3 Å². The molecule has 0 spiro atoms. The van der Waals surface area contributed by atoms with Crippen molar-refractivity contribution in [3.8, 4) is 0 Å². The van der Waals surface area contributed by atoms with Crippen molar-refractivity contribution in [3.63, 3.8) is 0 Å². The lowest BCUT2D eigenvalue weighted by molar-refractivity contribution is -0.138. The summed E-state index contributed by atoms with van der Waals surface area (Å²) in [6.45, 7) is 2.31. The van der Waals surface area contributed by atoms with E-state index >= 15 is 0 Å². The molecule has 118 valence electrons. The zero-order valence-corrected chi connectivity index (χ0v) is 13.3. The van der Waals surface area contributed by atoms with Gasteiger partial charge in [0, 0.05) is 18.5 Å². The average Bonchev–Trinajstić information content (AvgIpc) is 2.74. The maximum atomic E-state index is 12.0. The van der Waals surface area contributed by atoms with Gasteiger partial charge >= 0.3 is 5.97 Å². The maximum Gasteiger partial charge on any atom is 0.305 e. The number of aromatic nitrogens is 1. The summed E-state index contributed by atoms with van der Waals surface area (Å²) in [5.41, 5.74) is 0.449. The van der Waals surface area contributed by atoms with E-state index in [4.69, 9.17) is 5.11 Å². The Bertz CT molecular complexity index is 611. The summed E-state index contributed by atoms with van der Waals surface area (Å²) < 4.78 is 24.4. The van der Waals surface area contributed by atoms with Gasteiger partial charge in [0.15, 0.2) is 5.13 Å². The Morgan fingerprint density at radius 3 is 2.67 bits per heavy atom. The molecular weight excluding hydrogens is 318 g/mol. The summed E-state index contributed by atoms with van der Waals surface area (Å²) in [6.07, 6.45) is 0.914. The molecule has 21 heavy (non-hydrogen) atoms. The molecule has 0 unspecified atom stereocenters. The van der Waals surface area contributed by atoms with Gasteiger partial charge in [0.25, 0.3) is 0 Å². The lowest BCUT2D eigenvalue weighted by Crippen LogP contribution is -2.34. The van der Waals surface area contributed by atoms with E-state index in [1.54, 1.807) is 12.3 Å². The number of hydrogen-bond donors (Lipinski definition) is 2. The van der Waals surface area contributed by atoms with Crippen LogP contribution in [-0.2, 0) is 26.0 Å². The standard InChI is InChI=1S/C11H17N3O5S2/c1-3-14(5-4-10(16)17)9(15)6-8-7-20-11(12-8)13-21(2,18)19/h7H,3-6H2,1-2H3,(H,12,13)(H,16,17). The first-order valence-corrected chi connectivity index (χ1v) is 8.90. The number of nitrogens with one attached hydrogen (secondary N) is 1. The van der Waals surface area contributed by atoms with E-state index in [1.165, 1.54) is 4.90 Å². The largest absolute Gasteiger partial charge is 0.481 e. The van der Waals surface area contributed by atoms with Crippen molar-refractivity contribution in [1.82, 2.24) is 9.88 Å². The smallest absolute Gasteiger partial charge is 0.305 e. The lowest BCUT2D eigenvalue weighted by Gasteiger charge is -2.19. The Kier molecular flexibility index (Phi) is 6.09. The lowest BCUT2D eigenvalue weighted by atomic mass is 10.3. The molecular formula is C11H17N3O5S2. The van der Waals surface area contributed by atoms with Gasteiger partial charge in [-0.1, -0.05) is 0 Å². The molecule has 1 heterocycles. The van der Waals surface area contributed by atoms with Crippen molar-refractivity contribution in [2.45, 2.75) is 19.8 Å². The summed E-state index contributed by atoms with van der Waals surface area (Å²) in [6, 6.07) is 0. The fourth-order valence-electron chi connectivity index (χ4n) is 1.55. The molecule has 0 atom stereocenters. The molecule has 0 bridgehead atoms. The number of amides is 1. The van der Waals surface area contributed by atoms with Gasteiger partial charge in [0.1, 0.15) is 0 Å². The van der Waals surface area contributed by atoms with Crippen LogP contribution < -0.4 is 4.72 Å². The van der Waals surface area contributed by atoms with Crippen LogP contribution in [0.25, 0.3) is 0 Å². The van der Waals surface area contributed by atoms with Gasteiger partial charge in [-0.15, -0.1) is 11.3 Å². The highest BCUT2D eigenvalue weighted by Gasteiger charge is 2.16. The van der Waals surface area contributed by atoms with Crippen LogP contribution in [-0.4, -0.2) is 54.6 Å². The van der Waals surface area contributed by atoms with Crippen molar-refractivity contribution in [2.75, 3.05) is 24.1 Å². The van der Waals surface area contributed by atoms with Crippen LogP contribution in [0.4, 0.5) is 5.13 Å². The zero-order valence-electron chi connectivity index (χ0n) is 11.7. The predicted octanol–water partition coefficient (Wildman–Crippen LogP) is 0.380. The van der Waals surface area contributed by atoms with Gasteiger partial charge in [-0.3, -0.25) is 14.3 Å². The average molecular weight is 335 g/mol. The van der Waals surface area contributed by atoms with Crippen LogP contribution in [0.5, 0.6) is 0 Å². The first kappa shape index (κ1) is 17.4. The number of anilines is 1. The second kappa shape index (κ2) is 7.36. The summed E-state index contributed by atoms with van der Waals surface area (Å²) >= 11 is 1.09. The molecule has 1 aromatic heterocycles. The molecule has 0 aromatic carbocycles. The minimum Gasteiger partial charge on any atom is -0.481 e. The first-order chi connectivity index (χ1) is 9.71. The van der Waals surface area contributed by atoms with Crippen LogP contribution in [0.1, 0.15) is 19.0 Å². The third-order valence-electron chi connectivity index (χ3n) is 2.49. The number of rotatable bonds is 8. The normalized spacial score (nSPS) is 11.1. The molecule has 0 saturated carbocycles. The van der Waals surface area contributed by atoms with Crippen molar-refractivity contribution in [2.24, 2.45) is 0 Å². The number of carboxylic acids is 1. The molecule has 1 amide bonds. The number of carbonyl (C=O) groups excluding carboxylic acids is 1. The quantitative estimate of drug-likeness (QED) is 0.709. The molecule has 0 radical (unpaired) electrons. The Balaban J connectivity index is 2.63. The van der Waals surface area contributed by atoms with Crippen LogP contribution in [0.3, 0.4) is 0 Å². The van der Waals surface area contributed by atoms with Crippen molar-refractivity contribution in [1.29, 1.82) is 0 Å². The second-order valence-electron chi connectivity index (χ2n) is 4.31. The summed E-state index contributed by atoms with van der Waals surface area (Å²) in [5, 5.41) is 10.4. The van der Waals surface area contributed by atoms with E-state index in [9.17, 15) is 18.0 Å². The number of aliphatic carboxylic acids is 1. The number of thiazole rings is 1. The Morgan fingerprint density at radius 2 is 2.14 bits per heavy atom. The minimum absolute atomic E-state index is 0.00933. The number of carboxylic acid groups (broad SMARTS) is 1. The molecule has 8 nitrogen and oxygen atoms in total. The van der Waals surface area contributed by atoms with Gasteiger partial charge in [-0.2, -0.15) is 0 Å². The molecule has 2 N–H and O–H groups in total. The highest BCUT2D eigenvalue weighted by atomic mass is 32.2. The highest BCUT2D eigenvalue weighted by molar-refractivity contribution is 7.92. The summed E-state index contributed by atoms with van der Waals surface area (Å²) in [5.74, 6) is -1.20. The minimum atomic E-state index is -3.39. The predicted molar refractivity (Wildman–Crippen MR) is 78.8 cm³/mol. The van der Waals surface area contributed by atoms with E-state index in [2.05, 4.69) is 9.71 Å². The van der Waals surface area contributed by atoms with Crippen LogP contribution in [0.2, 0.25) is 0 Å². The van der Waals surface area contributed by atoms with Gasteiger partial charge in [0.2, 0.25) is 15.9 Å². The van der Waals surface area contributed by atoms with Crippen molar-refractivity contribution in [3.05, 3.63) is 11.1 Å². The number of carbonyl (C=O) groups is 2. The SMILES string of the molecule is CCN(CCC(=O)O)C(=O)Cc1csc(NS(C)(=O)=O)n1. The van der Waals surface area contributed by atoms with Crippen LogP contribution in [0, 0.1) is 0 Å². The van der Waals surface area contributed by atoms with Gasteiger partial charge in [-0.05, 0) is 6.92 Å². The Hall–Kier alpha value is -1.68. The number of nitrogens with zero attached hydrogens (tertiary/aromatic N) is 2. The Labute approximate surface area is 126 Å². The second-order valence-corrected chi connectivity index (χ2v) is 6.92. The number of hydrogen-bond acceptors (Lipinski definition) is 6. The van der Waals surface area contributed by atoms with Crippen molar-refractivity contribution < 1.29 is 23.1 Å². The monoisotopic (exact) mass is 335 g/mol. The zero-order chi connectivity index (χ0) is 16.0.